The molecular formula is C13H16N2O6. The second kappa shape index (κ2) is 6.69. The molecule has 8 nitrogen and oxygen atoms in total. The van der Waals surface area contributed by atoms with Gasteiger partial charge in [-0.15, -0.1) is 0 Å². The van der Waals surface area contributed by atoms with Gasteiger partial charge in [0.2, 0.25) is 5.75 Å². The first-order valence-corrected chi connectivity index (χ1v) is 6.14. The maximum atomic E-state index is 12.1. The number of carbonyl (C=O) groups is 2. The molecule has 1 aromatic carbocycles. The third kappa shape index (κ3) is 3.68. The van der Waals surface area contributed by atoms with Crippen molar-refractivity contribution in [1.82, 2.24) is 5.32 Å². The van der Waals surface area contributed by atoms with Crippen molar-refractivity contribution >= 4 is 17.6 Å². The summed E-state index contributed by atoms with van der Waals surface area (Å²) in [6.45, 7) is 3.00. The van der Waals surface area contributed by atoms with E-state index in [-0.39, 0.29) is 17.0 Å². The van der Waals surface area contributed by atoms with Crippen molar-refractivity contribution in [3.8, 4) is 5.75 Å². The molecule has 2 N–H and O–H groups in total. The van der Waals surface area contributed by atoms with Crippen molar-refractivity contribution in [1.29, 1.82) is 0 Å². The topological polar surface area (TPSA) is 119 Å². The SMILES string of the molecule is COc1c(C(=O)NC(C)C(C)C(=O)O)cccc1[N+](=O)[O-]. The van der Waals surface area contributed by atoms with Gasteiger partial charge in [0.25, 0.3) is 5.91 Å². The molecule has 0 aromatic heterocycles. The molecule has 114 valence electrons. The predicted molar refractivity (Wildman–Crippen MR) is 73.4 cm³/mol. The predicted octanol–water partition coefficient (Wildman–Crippen LogP) is 1.44. The maximum Gasteiger partial charge on any atom is 0.311 e. The second-order valence-corrected chi connectivity index (χ2v) is 4.50. The number of nitro groups is 1. The van der Waals surface area contributed by atoms with Gasteiger partial charge in [0.15, 0.2) is 0 Å². The van der Waals surface area contributed by atoms with Gasteiger partial charge in [-0.25, -0.2) is 0 Å². The summed E-state index contributed by atoms with van der Waals surface area (Å²) in [5.41, 5.74) is -0.347. The summed E-state index contributed by atoms with van der Waals surface area (Å²) in [5.74, 6) is -2.63. The van der Waals surface area contributed by atoms with Crippen LogP contribution in [0.4, 0.5) is 5.69 Å². The Kier molecular flexibility index (Phi) is 5.23. The minimum Gasteiger partial charge on any atom is -0.490 e. The maximum absolute atomic E-state index is 12.1. The molecule has 0 radical (unpaired) electrons. The molecule has 2 unspecified atom stereocenters. The number of nitrogens with zero attached hydrogens (tertiary/aromatic N) is 1. The Hall–Kier alpha value is -2.64. The van der Waals surface area contributed by atoms with Crippen LogP contribution in [-0.4, -0.2) is 35.1 Å². The lowest BCUT2D eigenvalue weighted by Crippen LogP contribution is -2.40. The van der Waals surface area contributed by atoms with E-state index in [4.69, 9.17) is 9.84 Å². The second-order valence-electron chi connectivity index (χ2n) is 4.50. The van der Waals surface area contributed by atoms with Crippen LogP contribution in [0, 0.1) is 16.0 Å². The van der Waals surface area contributed by atoms with Gasteiger partial charge in [0.1, 0.15) is 0 Å². The van der Waals surface area contributed by atoms with E-state index < -0.39 is 28.8 Å². The number of carbonyl (C=O) groups excluding carboxylic acids is 1. The van der Waals surface area contributed by atoms with Crippen molar-refractivity contribution < 1.29 is 24.4 Å². The van der Waals surface area contributed by atoms with Gasteiger partial charge in [0, 0.05) is 12.1 Å². The molecule has 1 aromatic rings. The fraction of sp³-hybridized carbons (Fsp3) is 0.385. The van der Waals surface area contributed by atoms with Crippen molar-refractivity contribution in [2.24, 2.45) is 5.92 Å². The zero-order valence-electron chi connectivity index (χ0n) is 11.8. The number of carboxylic acids is 1. The standard InChI is InChI=1S/C13H16N2O6/c1-7(13(17)18)8(2)14-12(16)9-5-4-6-10(15(19)20)11(9)21-3/h4-8H,1-3H3,(H,14,16)(H,17,18). The Morgan fingerprint density at radius 3 is 2.48 bits per heavy atom. The Labute approximate surface area is 120 Å². The highest BCUT2D eigenvalue weighted by Gasteiger charge is 2.26. The third-order valence-corrected chi connectivity index (χ3v) is 3.14. The summed E-state index contributed by atoms with van der Waals surface area (Å²) >= 11 is 0. The lowest BCUT2D eigenvalue weighted by Gasteiger charge is -2.18. The molecule has 0 aliphatic heterocycles. The van der Waals surface area contributed by atoms with Gasteiger partial charge in [-0.05, 0) is 19.9 Å². The normalized spacial score (nSPS) is 13.1. The summed E-state index contributed by atoms with van der Waals surface area (Å²) < 4.78 is 4.93. The molecule has 2 atom stereocenters. The summed E-state index contributed by atoms with van der Waals surface area (Å²) in [7, 11) is 1.22. The van der Waals surface area contributed by atoms with Crippen molar-refractivity contribution in [3.63, 3.8) is 0 Å². The summed E-state index contributed by atoms with van der Waals surface area (Å²) in [6, 6.07) is 3.32. The molecule has 0 aliphatic carbocycles. The first kappa shape index (κ1) is 16.4. The number of methoxy groups -OCH3 is 1. The van der Waals surface area contributed by atoms with Gasteiger partial charge in [-0.1, -0.05) is 6.07 Å². The molecule has 0 saturated carbocycles. The highest BCUT2D eigenvalue weighted by molar-refractivity contribution is 5.98. The van der Waals surface area contributed by atoms with E-state index in [1.807, 2.05) is 0 Å². The zero-order valence-corrected chi connectivity index (χ0v) is 11.8. The fourth-order valence-corrected chi connectivity index (χ4v) is 1.69. The first-order valence-electron chi connectivity index (χ1n) is 6.14. The van der Waals surface area contributed by atoms with E-state index in [1.165, 1.54) is 32.2 Å². The van der Waals surface area contributed by atoms with Gasteiger partial charge < -0.3 is 15.2 Å². The number of benzene rings is 1. The molecular weight excluding hydrogens is 280 g/mol. The Morgan fingerprint density at radius 2 is 2.00 bits per heavy atom. The molecule has 0 heterocycles. The van der Waals surface area contributed by atoms with Crippen LogP contribution >= 0.6 is 0 Å². The number of hydrogen-bond donors (Lipinski definition) is 2. The number of amides is 1. The van der Waals surface area contributed by atoms with Crippen LogP contribution < -0.4 is 10.1 Å². The number of para-hydroxylation sites is 1. The van der Waals surface area contributed by atoms with Crippen LogP contribution in [0.5, 0.6) is 5.75 Å². The van der Waals surface area contributed by atoms with Gasteiger partial charge in [0.05, 0.1) is 23.5 Å². The van der Waals surface area contributed by atoms with Crippen molar-refractivity contribution in [2.45, 2.75) is 19.9 Å². The summed E-state index contributed by atoms with van der Waals surface area (Å²) in [6.07, 6.45) is 0. The molecule has 21 heavy (non-hydrogen) atoms. The number of nitro benzene ring substituents is 1. The molecule has 1 amide bonds. The van der Waals surface area contributed by atoms with Crippen LogP contribution in [0.1, 0.15) is 24.2 Å². The molecule has 0 aliphatic rings. The number of hydrogen-bond acceptors (Lipinski definition) is 5. The molecule has 0 fully saturated rings. The fourth-order valence-electron chi connectivity index (χ4n) is 1.69. The number of ether oxygens (including phenoxy) is 1. The minimum atomic E-state index is -1.05. The average Bonchev–Trinajstić information content (AvgIpc) is 2.44. The van der Waals surface area contributed by atoms with E-state index in [0.717, 1.165) is 0 Å². The molecule has 0 bridgehead atoms. The van der Waals surface area contributed by atoms with Gasteiger partial charge >= 0.3 is 11.7 Å². The Balaban J connectivity index is 3.05. The number of rotatable bonds is 6. The van der Waals surface area contributed by atoms with Crippen molar-refractivity contribution in [3.05, 3.63) is 33.9 Å². The molecule has 8 heteroatoms. The van der Waals surface area contributed by atoms with E-state index in [1.54, 1.807) is 6.92 Å². The van der Waals surface area contributed by atoms with Crippen molar-refractivity contribution in [2.75, 3.05) is 7.11 Å². The highest BCUT2D eigenvalue weighted by Crippen LogP contribution is 2.30. The van der Waals surface area contributed by atoms with Crippen LogP contribution in [0.3, 0.4) is 0 Å². The van der Waals surface area contributed by atoms with Gasteiger partial charge in [-0.2, -0.15) is 0 Å². The molecule has 0 spiro atoms. The largest absolute Gasteiger partial charge is 0.490 e. The first-order chi connectivity index (χ1) is 9.79. The Morgan fingerprint density at radius 1 is 1.38 bits per heavy atom. The number of aliphatic carboxylic acids is 1. The lowest BCUT2D eigenvalue weighted by atomic mass is 10.0. The van der Waals surface area contributed by atoms with E-state index in [0.29, 0.717) is 0 Å². The number of carboxylic acid groups (broad SMARTS) is 1. The van der Waals surface area contributed by atoms with Crippen LogP contribution in [-0.2, 0) is 4.79 Å². The van der Waals surface area contributed by atoms with E-state index in [9.17, 15) is 19.7 Å². The summed E-state index contributed by atoms with van der Waals surface area (Å²) in [5, 5.41) is 22.3. The quantitative estimate of drug-likeness (QED) is 0.605. The van der Waals surface area contributed by atoms with E-state index in [2.05, 4.69) is 5.32 Å². The third-order valence-electron chi connectivity index (χ3n) is 3.14. The minimum absolute atomic E-state index is 0.0175. The van der Waals surface area contributed by atoms with Crippen LogP contribution in [0.15, 0.2) is 18.2 Å². The summed E-state index contributed by atoms with van der Waals surface area (Å²) in [4.78, 5) is 33.2. The van der Waals surface area contributed by atoms with Gasteiger partial charge in [-0.3, -0.25) is 19.7 Å². The monoisotopic (exact) mass is 296 g/mol. The zero-order chi connectivity index (χ0) is 16.2. The number of nitrogens with one attached hydrogen (secondary N) is 1. The average molecular weight is 296 g/mol. The van der Waals surface area contributed by atoms with Crippen LogP contribution in [0.2, 0.25) is 0 Å². The highest BCUT2D eigenvalue weighted by atomic mass is 16.6. The van der Waals surface area contributed by atoms with Crippen LogP contribution in [0.25, 0.3) is 0 Å². The van der Waals surface area contributed by atoms with E-state index >= 15 is 0 Å². The lowest BCUT2D eigenvalue weighted by molar-refractivity contribution is -0.385. The Bertz CT molecular complexity index is 572. The smallest absolute Gasteiger partial charge is 0.311 e. The molecule has 0 saturated heterocycles. The molecule has 1 rings (SSSR count).